The maximum absolute atomic E-state index is 13.0. The van der Waals surface area contributed by atoms with Crippen LogP contribution in [0.2, 0.25) is 0 Å². The Hall–Kier alpha value is -2.43. The van der Waals surface area contributed by atoms with Crippen LogP contribution in [0.4, 0.5) is 14.5 Å². The van der Waals surface area contributed by atoms with Gasteiger partial charge in [-0.1, -0.05) is 0 Å². The van der Waals surface area contributed by atoms with Crippen molar-refractivity contribution in [3.8, 4) is 0 Å². The smallest absolute Gasteiger partial charge is 0.251 e. The van der Waals surface area contributed by atoms with E-state index in [1.54, 1.807) is 25.1 Å². The monoisotopic (exact) mass is 276 g/mol. The molecule has 0 saturated carbocycles. The van der Waals surface area contributed by atoms with Gasteiger partial charge in [0.1, 0.15) is 11.6 Å². The Balaban J connectivity index is 2.06. The number of carbonyl (C=O) groups excluding carboxylic acids is 1. The van der Waals surface area contributed by atoms with Gasteiger partial charge in [0, 0.05) is 23.9 Å². The fourth-order valence-corrected chi connectivity index (χ4v) is 1.81. The number of nitrogens with two attached hydrogens (primary N) is 1. The van der Waals surface area contributed by atoms with Gasteiger partial charge in [-0.2, -0.15) is 0 Å². The number of rotatable bonds is 3. The summed E-state index contributed by atoms with van der Waals surface area (Å²) in [5.74, 6) is -1.66. The second kappa shape index (κ2) is 5.69. The van der Waals surface area contributed by atoms with Crippen molar-refractivity contribution >= 4 is 11.6 Å². The number of hydrogen-bond acceptors (Lipinski definition) is 2. The lowest BCUT2D eigenvalue weighted by molar-refractivity contribution is 0.0950. The molecule has 5 heteroatoms. The second-order valence-electron chi connectivity index (χ2n) is 4.53. The van der Waals surface area contributed by atoms with Crippen LogP contribution in [-0.4, -0.2) is 5.91 Å². The summed E-state index contributed by atoms with van der Waals surface area (Å²) in [6.07, 6.45) is 0. The Morgan fingerprint density at radius 3 is 2.40 bits per heavy atom. The van der Waals surface area contributed by atoms with Crippen molar-refractivity contribution in [1.82, 2.24) is 5.32 Å². The number of amides is 1. The maximum atomic E-state index is 13.0. The highest BCUT2D eigenvalue weighted by atomic mass is 19.1. The van der Waals surface area contributed by atoms with Gasteiger partial charge in [-0.3, -0.25) is 4.79 Å². The Labute approximate surface area is 115 Å². The Kier molecular flexibility index (Phi) is 3.98. The van der Waals surface area contributed by atoms with Crippen LogP contribution in [0.5, 0.6) is 0 Å². The molecule has 2 aromatic rings. The standard InChI is InChI=1S/C15H14F2N2O/c1-9-4-11(2-3-14(9)18)15(20)19-8-10-5-12(16)7-13(17)6-10/h2-7H,8,18H2,1H3,(H,19,20). The topological polar surface area (TPSA) is 55.1 Å². The zero-order valence-electron chi connectivity index (χ0n) is 10.9. The Bertz CT molecular complexity index is 636. The summed E-state index contributed by atoms with van der Waals surface area (Å²) in [5.41, 5.74) is 7.89. The largest absolute Gasteiger partial charge is 0.399 e. The molecule has 2 aromatic carbocycles. The van der Waals surface area contributed by atoms with E-state index in [2.05, 4.69) is 5.32 Å². The van der Waals surface area contributed by atoms with Gasteiger partial charge in [0.15, 0.2) is 0 Å². The van der Waals surface area contributed by atoms with Gasteiger partial charge in [0.25, 0.3) is 5.91 Å². The third-order valence-electron chi connectivity index (χ3n) is 2.91. The number of benzene rings is 2. The van der Waals surface area contributed by atoms with E-state index in [-0.39, 0.29) is 12.5 Å². The van der Waals surface area contributed by atoms with Gasteiger partial charge < -0.3 is 11.1 Å². The predicted octanol–water partition coefficient (Wildman–Crippen LogP) is 2.79. The molecule has 0 saturated heterocycles. The first-order valence-electron chi connectivity index (χ1n) is 6.05. The molecule has 20 heavy (non-hydrogen) atoms. The van der Waals surface area contributed by atoms with Crippen molar-refractivity contribution in [3.05, 3.63) is 64.7 Å². The molecule has 0 heterocycles. The summed E-state index contributed by atoms with van der Waals surface area (Å²) in [6, 6.07) is 8.05. The fourth-order valence-electron chi connectivity index (χ4n) is 1.81. The molecule has 0 fully saturated rings. The number of anilines is 1. The van der Waals surface area contributed by atoms with Gasteiger partial charge in [0.05, 0.1) is 0 Å². The molecule has 3 nitrogen and oxygen atoms in total. The minimum atomic E-state index is -0.669. The Morgan fingerprint density at radius 1 is 1.15 bits per heavy atom. The molecular formula is C15H14F2N2O. The van der Waals surface area contributed by atoms with Crippen LogP contribution in [0, 0.1) is 18.6 Å². The van der Waals surface area contributed by atoms with Crippen molar-refractivity contribution in [2.75, 3.05) is 5.73 Å². The predicted molar refractivity (Wildman–Crippen MR) is 73.1 cm³/mol. The minimum Gasteiger partial charge on any atom is -0.399 e. The molecule has 1 amide bonds. The summed E-state index contributed by atoms with van der Waals surface area (Å²) in [7, 11) is 0. The van der Waals surface area contributed by atoms with Gasteiger partial charge in [-0.25, -0.2) is 8.78 Å². The van der Waals surface area contributed by atoms with Crippen LogP contribution in [-0.2, 0) is 6.54 Å². The van der Waals surface area contributed by atoms with Crippen LogP contribution in [0.1, 0.15) is 21.5 Å². The van der Waals surface area contributed by atoms with Gasteiger partial charge >= 0.3 is 0 Å². The molecule has 0 aliphatic carbocycles. The fraction of sp³-hybridized carbons (Fsp3) is 0.133. The highest BCUT2D eigenvalue weighted by molar-refractivity contribution is 5.94. The van der Waals surface area contributed by atoms with Crippen molar-refractivity contribution in [2.24, 2.45) is 0 Å². The van der Waals surface area contributed by atoms with E-state index in [9.17, 15) is 13.6 Å². The van der Waals surface area contributed by atoms with Crippen LogP contribution in [0.15, 0.2) is 36.4 Å². The average molecular weight is 276 g/mol. The van der Waals surface area contributed by atoms with E-state index >= 15 is 0 Å². The lowest BCUT2D eigenvalue weighted by Crippen LogP contribution is -2.23. The molecule has 0 aliphatic heterocycles. The highest BCUT2D eigenvalue weighted by Gasteiger charge is 2.07. The van der Waals surface area contributed by atoms with Crippen LogP contribution in [0.25, 0.3) is 0 Å². The highest BCUT2D eigenvalue weighted by Crippen LogP contribution is 2.13. The number of carbonyl (C=O) groups is 1. The summed E-state index contributed by atoms with van der Waals surface area (Å²) in [6.45, 7) is 1.85. The lowest BCUT2D eigenvalue weighted by atomic mass is 10.1. The zero-order valence-corrected chi connectivity index (χ0v) is 10.9. The molecule has 3 N–H and O–H groups in total. The van der Waals surface area contributed by atoms with Crippen LogP contribution < -0.4 is 11.1 Å². The number of nitrogen functional groups attached to an aromatic ring is 1. The molecule has 0 aromatic heterocycles. The number of halogens is 2. The summed E-state index contributed by atoms with van der Waals surface area (Å²) < 4.78 is 26.0. The zero-order chi connectivity index (χ0) is 14.7. The molecule has 0 atom stereocenters. The van der Waals surface area contributed by atoms with E-state index in [1.165, 1.54) is 12.1 Å². The summed E-state index contributed by atoms with van der Waals surface area (Å²) in [5, 5.41) is 2.60. The van der Waals surface area contributed by atoms with E-state index in [0.717, 1.165) is 11.6 Å². The van der Waals surface area contributed by atoms with Gasteiger partial charge in [-0.15, -0.1) is 0 Å². The molecule has 0 bridgehead atoms. The average Bonchev–Trinajstić information content (AvgIpc) is 2.38. The quantitative estimate of drug-likeness (QED) is 0.847. The number of aryl methyl sites for hydroxylation is 1. The summed E-state index contributed by atoms with van der Waals surface area (Å²) in [4.78, 5) is 11.9. The molecule has 0 radical (unpaired) electrons. The third-order valence-corrected chi connectivity index (χ3v) is 2.91. The van der Waals surface area contributed by atoms with Gasteiger partial charge in [0.2, 0.25) is 0 Å². The van der Waals surface area contributed by atoms with E-state index < -0.39 is 11.6 Å². The first kappa shape index (κ1) is 14.0. The van der Waals surface area contributed by atoms with Crippen molar-refractivity contribution in [1.29, 1.82) is 0 Å². The molecular weight excluding hydrogens is 262 g/mol. The SMILES string of the molecule is Cc1cc(C(=O)NCc2cc(F)cc(F)c2)ccc1N. The molecule has 0 unspecified atom stereocenters. The van der Waals surface area contributed by atoms with Crippen molar-refractivity contribution < 1.29 is 13.6 Å². The number of nitrogens with one attached hydrogen (secondary N) is 1. The number of hydrogen-bond donors (Lipinski definition) is 2. The normalized spacial score (nSPS) is 10.3. The van der Waals surface area contributed by atoms with E-state index in [1.807, 2.05) is 0 Å². The van der Waals surface area contributed by atoms with Crippen molar-refractivity contribution in [3.63, 3.8) is 0 Å². The first-order chi connectivity index (χ1) is 9.45. The summed E-state index contributed by atoms with van der Waals surface area (Å²) >= 11 is 0. The van der Waals surface area contributed by atoms with Crippen LogP contribution >= 0.6 is 0 Å². The van der Waals surface area contributed by atoms with E-state index in [4.69, 9.17) is 5.73 Å². The lowest BCUT2D eigenvalue weighted by Gasteiger charge is -2.07. The first-order valence-corrected chi connectivity index (χ1v) is 6.05. The van der Waals surface area contributed by atoms with E-state index in [0.29, 0.717) is 16.8 Å². The molecule has 0 spiro atoms. The molecule has 0 aliphatic rings. The minimum absolute atomic E-state index is 0.0525. The second-order valence-corrected chi connectivity index (χ2v) is 4.53. The van der Waals surface area contributed by atoms with Gasteiger partial charge in [-0.05, 0) is 48.4 Å². The Morgan fingerprint density at radius 2 is 1.80 bits per heavy atom. The maximum Gasteiger partial charge on any atom is 0.251 e. The third kappa shape index (κ3) is 3.32. The molecule has 104 valence electrons. The molecule has 2 rings (SSSR count). The van der Waals surface area contributed by atoms with Crippen molar-refractivity contribution in [2.45, 2.75) is 13.5 Å². The van der Waals surface area contributed by atoms with Crippen LogP contribution in [0.3, 0.4) is 0 Å².